The average molecular weight is 409 g/mol. The molecule has 0 saturated carbocycles. The molecule has 1 saturated heterocycles. The minimum Gasteiger partial charge on any atom is -0.324 e. The summed E-state index contributed by atoms with van der Waals surface area (Å²) in [5.41, 5.74) is 1.84. The van der Waals surface area contributed by atoms with Crippen molar-refractivity contribution in [1.82, 2.24) is 5.01 Å². The zero-order valence-corrected chi connectivity index (χ0v) is 16.4. The van der Waals surface area contributed by atoms with E-state index in [1.807, 2.05) is 12.1 Å². The van der Waals surface area contributed by atoms with Gasteiger partial charge in [-0.1, -0.05) is 37.3 Å². The molecule has 0 bridgehead atoms. The number of imide groups is 1. The maximum atomic E-state index is 13.3. The van der Waals surface area contributed by atoms with E-state index in [0.29, 0.717) is 11.6 Å². The second-order valence-corrected chi connectivity index (χ2v) is 7.51. The number of benzene rings is 2. The van der Waals surface area contributed by atoms with Crippen molar-refractivity contribution in [2.45, 2.75) is 31.8 Å². The number of anilines is 2. The normalized spacial score (nSPS) is 20.3. The van der Waals surface area contributed by atoms with Crippen molar-refractivity contribution in [3.8, 4) is 0 Å². The lowest BCUT2D eigenvalue weighted by Crippen LogP contribution is -2.43. The molecule has 2 heterocycles. The summed E-state index contributed by atoms with van der Waals surface area (Å²) in [5.74, 6) is -1.61. The van der Waals surface area contributed by atoms with Crippen molar-refractivity contribution >= 4 is 29.1 Å². The highest BCUT2D eigenvalue weighted by molar-refractivity contribution is 6.25. The van der Waals surface area contributed by atoms with Crippen LogP contribution in [0.15, 0.2) is 58.9 Å². The van der Waals surface area contributed by atoms with E-state index in [2.05, 4.69) is 29.5 Å². The van der Waals surface area contributed by atoms with Crippen LogP contribution >= 0.6 is 0 Å². The number of nitrogens with one attached hydrogen (secondary N) is 1. The largest absolute Gasteiger partial charge is 0.324 e. The minimum absolute atomic E-state index is 0.286. The molecule has 2 aromatic carbocycles. The fraction of sp³-hybridized carbons (Fsp3) is 0.286. The van der Waals surface area contributed by atoms with Gasteiger partial charge in [0.25, 0.3) is 11.8 Å². The van der Waals surface area contributed by atoms with Crippen LogP contribution in [-0.4, -0.2) is 41.4 Å². The van der Waals surface area contributed by atoms with Crippen LogP contribution < -0.4 is 10.2 Å². The topological polar surface area (TPSA) is 94.4 Å². The molecule has 8 nitrogen and oxygen atoms in total. The van der Waals surface area contributed by atoms with Crippen LogP contribution in [0.3, 0.4) is 0 Å². The van der Waals surface area contributed by atoms with Crippen LogP contribution in [-0.2, 0) is 14.4 Å². The lowest BCUT2D eigenvalue weighted by molar-refractivity contribution is -0.123. The monoisotopic (exact) mass is 409 g/mol. The smallest absolute Gasteiger partial charge is 0.263 e. The van der Waals surface area contributed by atoms with Gasteiger partial charge in [0.05, 0.1) is 5.69 Å². The third kappa shape index (κ3) is 3.54. The Labute approximate surface area is 172 Å². The highest BCUT2D eigenvalue weighted by atomic mass is 19.1. The van der Waals surface area contributed by atoms with E-state index in [-0.39, 0.29) is 12.2 Å². The first kappa shape index (κ1) is 19.7. The van der Waals surface area contributed by atoms with Crippen molar-refractivity contribution in [3.05, 3.63) is 59.9 Å². The molecule has 2 aliphatic heterocycles. The molecule has 3 amide bonds. The molecular weight excluding hydrogens is 389 g/mol. The first-order chi connectivity index (χ1) is 14.3. The van der Waals surface area contributed by atoms with Gasteiger partial charge in [-0.3, -0.25) is 19.4 Å². The van der Waals surface area contributed by atoms with Gasteiger partial charge in [-0.25, -0.2) is 9.29 Å². The van der Waals surface area contributed by atoms with E-state index < -0.39 is 35.6 Å². The third-order valence-corrected chi connectivity index (χ3v) is 5.09. The highest BCUT2D eigenvalue weighted by Gasteiger charge is 2.55. The number of halogens is 1. The van der Waals surface area contributed by atoms with E-state index in [9.17, 15) is 18.8 Å². The van der Waals surface area contributed by atoms with E-state index in [1.54, 1.807) is 18.2 Å². The molecule has 0 radical (unpaired) electrons. The Hall–Kier alpha value is -3.62. The Bertz CT molecular complexity index is 1040. The molecular formula is C21H20FN5O3. The van der Waals surface area contributed by atoms with Gasteiger partial charge < -0.3 is 5.32 Å². The van der Waals surface area contributed by atoms with Crippen molar-refractivity contribution in [3.63, 3.8) is 0 Å². The second kappa shape index (κ2) is 7.66. The van der Waals surface area contributed by atoms with Crippen molar-refractivity contribution in [2.24, 2.45) is 10.3 Å². The summed E-state index contributed by atoms with van der Waals surface area (Å²) in [5, 5.41) is 11.5. The van der Waals surface area contributed by atoms with E-state index in [4.69, 9.17) is 0 Å². The lowest BCUT2D eigenvalue weighted by Gasteiger charge is -2.20. The van der Waals surface area contributed by atoms with Gasteiger partial charge in [0.2, 0.25) is 5.91 Å². The molecule has 2 aromatic rings. The molecule has 1 fully saturated rings. The van der Waals surface area contributed by atoms with Gasteiger partial charge in [-0.05, 0) is 41.8 Å². The fourth-order valence-electron chi connectivity index (χ4n) is 3.53. The second-order valence-electron chi connectivity index (χ2n) is 7.51. The molecule has 2 aliphatic rings. The average Bonchev–Trinajstić information content (AvgIpc) is 3.21. The number of nitrogens with zero attached hydrogens (tertiary/aromatic N) is 4. The summed E-state index contributed by atoms with van der Waals surface area (Å²) >= 11 is 0. The number of rotatable bonds is 5. The minimum atomic E-state index is -0.982. The number of hydrogen-bond acceptors (Lipinski definition) is 6. The molecule has 0 aliphatic carbocycles. The number of fused-ring (bicyclic) bond motifs is 1. The van der Waals surface area contributed by atoms with E-state index in [1.165, 1.54) is 23.2 Å². The van der Waals surface area contributed by atoms with Gasteiger partial charge in [-0.2, -0.15) is 5.11 Å². The van der Waals surface area contributed by atoms with Crippen LogP contribution in [0.1, 0.15) is 25.3 Å². The summed E-state index contributed by atoms with van der Waals surface area (Å²) in [7, 11) is 0. The lowest BCUT2D eigenvalue weighted by atomic mass is 10.0. The quantitative estimate of drug-likeness (QED) is 0.769. The van der Waals surface area contributed by atoms with Gasteiger partial charge in [-0.15, -0.1) is 0 Å². The van der Waals surface area contributed by atoms with Crippen LogP contribution in [0.2, 0.25) is 0 Å². The highest BCUT2D eigenvalue weighted by Crippen LogP contribution is 2.32. The summed E-state index contributed by atoms with van der Waals surface area (Å²) in [6.07, 6.45) is 0. The molecule has 1 N–H and O–H groups in total. The Morgan fingerprint density at radius 2 is 1.87 bits per heavy atom. The maximum Gasteiger partial charge on any atom is 0.263 e. The molecule has 0 spiro atoms. The zero-order valence-electron chi connectivity index (χ0n) is 16.4. The predicted octanol–water partition coefficient (Wildman–Crippen LogP) is 2.88. The Balaban J connectivity index is 1.48. The van der Waals surface area contributed by atoms with Gasteiger partial charge in [0, 0.05) is 5.69 Å². The number of carbonyl (C=O) groups is 3. The number of hydrogen-bond donors (Lipinski definition) is 1. The number of amides is 3. The van der Waals surface area contributed by atoms with Crippen LogP contribution in [0.25, 0.3) is 0 Å². The summed E-state index contributed by atoms with van der Waals surface area (Å²) in [6.45, 7) is 3.82. The van der Waals surface area contributed by atoms with Crippen LogP contribution in [0, 0.1) is 5.82 Å². The summed E-state index contributed by atoms with van der Waals surface area (Å²) in [6, 6.07) is 10.7. The molecule has 30 heavy (non-hydrogen) atoms. The van der Waals surface area contributed by atoms with Crippen molar-refractivity contribution in [2.75, 3.05) is 16.8 Å². The fourth-order valence-corrected chi connectivity index (χ4v) is 3.53. The molecule has 2 atom stereocenters. The van der Waals surface area contributed by atoms with E-state index >= 15 is 0 Å². The first-order valence-electron chi connectivity index (χ1n) is 9.56. The SMILES string of the molecule is CC(C)c1ccc(N2C(=O)C3N=NN(CC(=O)Nc4cccc(F)c4)C3C2=O)cc1. The van der Waals surface area contributed by atoms with Gasteiger partial charge in [0.15, 0.2) is 12.1 Å². The summed E-state index contributed by atoms with van der Waals surface area (Å²) in [4.78, 5) is 39.1. The van der Waals surface area contributed by atoms with Crippen LogP contribution in [0.4, 0.5) is 15.8 Å². The standard InChI is InChI=1S/C21H20FN5O3/c1-12(2)13-6-8-16(9-7-13)27-20(29)18-19(21(27)30)26(25-24-18)11-17(28)23-15-5-3-4-14(22)10-15/h3-10,12,18-19H,11H2,1-2H3,(H,23,28). The van der Waals surface area contributed by atoms with Crippen molar-refractivity contribution < 1.29 is 18.8 Å². The third-order valence-electron chi connectivity index (χ3n) is 5.09. The Morgan fingerprint density at radius 3 is 2.53 bits per heavy atom. The number of carbonyl (C=O) groups excluding carboxylic acids is 3. The first-order valence-corrected chi connectivity index (χ1v) is 9.56. The molecule has 154 valence electrons. The molecule has 4 rings (SSSR count). The zero-order chi connectivity index (χ0) is 21.4. The maximum absolute atomic E-state index is 13.3. The molecule has 9 heteroatoms. The predicted molar refractivity (Wildman–Crippen MR) is 107 cm³/mol. The van der Waals surface area contributed by atoms with Crippen molar-refractivity contribution in [1.29, 1.82) is 0 Å². The van der Waals surface area contributed by atoms with Crippen LogP contribution in [0.5, 0.6) is 0 Å². The molecule has 2 unspecified atom stereocenters. The van der Waals surface area contributed by atoms with Gasteiger partial charge >= 0.3 is 0 Å². The molecule has 0 aromatic heterocycles. The summed E-state index contributed by atoms with van der Waals surface area (Å²) < 4.78 is 13.3. The van der Waals surface area contributed by atoms with Gasteiger partial charge in [0.1, 0.15) is 12.4 Å². The Kier molecular flexibility index (Phi) is 5.03. The van der Waals surface area contributed by atoms with E-state index in [0.717, 1.165) is 10.5 Å². The Morgan fingerprint density at radius 1 is 1.13 bits per heavy atom.